The van der Waals surface area contributed by atoms with Crippen LogP contribution in [0, 0.1) is 0 Å². The first kappa shape index (κ1) is 40.4. The summed E-state index contributed by atoms with van der Waals surface area (Å²) in [5, 5.41) is 7.18. The molecule has 0 N–H and O–H groups in total. The van der Waals surface area contributed by atoms with Crippen LogP contribution in [-0.2, 0) is 6.67 Å². The van der Waals surface area contributed by atoms with Crippen LogP contribution in [0.15, 0.2) is 203 Å². The summed E-state index contributed by atoms with van der Waals surface area (Å²) in [6.45, 7) is 12.3. The third-order valence-corrected chi connectivity index (χ3v) is 11.2. The van der Waals surface area contributed by atoms with E-state index in [-0.39, 0.29) is 0 Å². The third-order valence-electron chi connectivity index (χ3n) is 11.2. The smallest absolute Gasteiger partial charge is 0.161 e. The molecule has 0 fully saturated rings. The van der Waals surface area contributed by atoms with E-state index in [1.165, 1.54) is 48.9 Å². The van der Waals surface area contributed by atoms with E-state index in [2.05, 4.69) is 134 Å². The molecule has 63 heavy (non-hydrogen) atoms. The van der Waals surface area contributed by atoms with E-state index in [0.29, 0.717) is 18.3 Å². The highest BCUT2D eigenvalue weighted by Crippen LogP contribution is 2.39. The number of para-hydroxylation sites is 3. The van der Waals surface area contributed by atoms with Crippen LogP contribution >= 0.6 is 0 Å². The largest absolute Gasteiger partial charge is 0.320 e. The standard InChI is InChI=1S/C52H35N7.2C2H6/c1-53-51(37-17-12-15-34(28-37)44-21-8-10-26-54-44)57-52(38-18-13-16-35(29-38)45-22-9-11-27-55-45)56-33-58-47-24-6-3-20-40(47)42-31-43-41(32-49(42)58)39-19-4-7-25-48(39)59-46-23-5-2-14-36(46)30-50(43)59;2*1-2/h2-32H,1,33H2;2*1-2H3/b56-52-,57-51?;;. The molecule has 7 nitrogen and oxygen atoms in total. The fraction of sp³-hybridized carbons (Fsp3) is 0.0893. The number of pyridine rings is 3. The maximum atomic E-state index is 5.35. The molecule has 7 heteroatoms. The Balaban J connectivity index is 0.00000123. The number of amidine groups is 2. The van der Waals surface area contributed by atoms with E-state index in [1.807, 2.05) is 107 Å². The molecular formula is C56H47N7. The van der Waals surface area contributed by atoms with Crippen LogP contribution in [0.3, 0.4) is 0 Å². The van der Waals surface area contributed by atoms with Crippen molar-refractivity contribution >= 4 is 78.3 Å². The molecule has 0 aliphatic rings. The second-order valence-corrected chi connectivity index (χ2v) is 14.6. The van der Waals surface area contributed by atoms with Crippen molar-refractivity contribution in [3.63, 3.8) is 0 Å². The van der Waals surface area contributed by atoms with Crippen molar-refractivity contribution in [3.05, 3.63) is 199 Å². The van der Waals surface area contributed by atoms with Crippen LogP contribution in [0.25, 0.3) is 82.4 Å². The molecule has 5 aromatic heterocycles. The minimum Gasteiger partial charge on any atom is -0.320 e. The number of hydrogen-bond acceptors (Lipinski definition) is 3. The lowest BCUT2D eigenvalue weighted by atomic mass is 10.0. The summed E-state index contributed by atoms with van der Waals surface area (Å²) < 4.78 is 4.71. The Bertz CT molecular complexity index is 3490. The van der Waals surface area contributed by atoms with Gasteiger partial charge in [-0.1, -0.05) is 131 Å². The van der Waals surface area contributed by atoms with Crippen molar-refractivity contribution in [3.8, 4) is 22.5 Å². The van der Waals surface area contributed by atoms with Crippen LogP contribution in [0.2, 0.25) is 0 Å². The molecule has 6 aromatic carbocycles. The van der Waals surface area contributed by atoms with Crippen LogP contribution in [0.1, 0.15) is 38.8 Å². The van der Waals surface area contributed by atoms with Crippen molar-refractivity contribution in [1.82, 2.24) is 18.9 Å². The van der Waals surface area contributed by atoms with Crippen molar-refractivity contribution in [2.75, 3.05) is 0 Å². The Kier molecular flexibility index (Phi) is 11.5. The second-order valence-electron chi connectivity index (χ2n) is 14.6. The van der Waals surface area contributed by atoms with Crippen molar-refractivity contribution in [2.24, 2.45) is 15.0 Å². The Labute approximate surface area is 367 Å². The topological polar surface area (TPSA) is 72.2 Å². The first-order valence-corrected chi connectivity index (χ1v) is 21.6. The molecule has 0 bridgehead atoms. The molecule has 11 aromatic rings. The number of fused-ring (bicyclic) bond motifs is 11. The Hall–Kier alpha value is -8.03. The molecule has 0 saturated heterocycles. The van der Waals surface area contributed by atoms with Gasteiger partial charge >= 0.3 is 0 Å². The molecular weight excluding hydrogens is 771 g/mol. The summed E-state index contributed by atoms with van der Waals surface area (Å²) in [7, 11) is 0. The Morgan fingerprint density at radius 2 is 1.02 bits per heavy atom. The van der Waals surface area contributed by atoms with E-state index < -0.39 is 0 Å². The molecule has 5 heterocycles. The minimum atomic E-state index is 0.315. The zero-order chi connectivity index (χ0) is 43.3. The predicted octanol–water partition coefficient (Wildman–Crippen LogP) is 14.2. The summed E-state index contributed by atoms with van der Waals surface area (Å²) in [5.41, 5.74) is 11.1. The minimum absolute atomic E-state index is 0.315. The summed E-state index contributed by atoms with van der Waals surface area (Å²) in [4.78, 5) is 24.2. The van der Waals surface area contributed by atoms with Gasteiger partial charge in [0.15, 0.2) is 11.7 Å². The quantitative estimate of drug-likeness (QED) is 0.0952. The number of hydrogen-bond donors (Lipinski definition) is 0. The number of aliphatic imine (C=N–C) groups is 3. The fourth-order valence-electron chi connectivity index (χ4n) is 8.51. The average molecular weight is 818 g/mol. The van der Waals surface area contributed by atoms with E-state index >= 15 is 0 Å². The van der Waals surface area contributed by atoms with Gasteiger partial charge in [-0.25, -0.2) is 15.0 Å². The maximum Gasteiger partial charge on any atom is 0.161 e. The molecule has 0 radical (unpaired) electrons. The van der Waals surface area contributed by atoms with Crippen LogP contribution < -0.4 is 0 Å². The lowest BCUT2D eigenvalue weighted by molar-refractivity contribution is 0.791. The van der Waals surface area contributed by atoms with Crippen LogP contribution in [0.4, 0.5) is 0 Å². The number of aromatic nitrogens is 4. The predicted molar refractivity (Wildman–Crippen MR) is 268 cm³/mol. The molecule has 11 rings (SSSR count). The van der Waals surface area contributed by atoms with Gasteiger partial charge in [0.2, 0.25) is 0 Å². The number of rotatable bonds is 6. The van der Waals surface area contributed by atoms with Gasteiger partial charge in [0.1, 0.15) is 6.67 Å². The van der Waals surface area contributed by atoms with Gasteiger partial charge in [0.25, 0.3) is 0 Å². The average Bonchev–Trinajstić information content (AvgIpc) is 3.91. The van der Waals surface area contributed by atoms with Crippen molar-refractivity contribution in [1.29, 1.82) is 0 Å². The molecule has 0 atom stereocenters. The van der Waals surface area contributed by atoms with Gasteiger partial charge in [0.05, 0.1) is 39.0 Å². The number of benzene rings is 6. The van der Waals surface area contributed by atoms with E-state index in [4.69, 9.17) is 9.98 Å². The molecule has 0 amide bonds. The second kappa shape index (κ2) is 17.9. The van der Waals surface area contributed by atoms with Crippen molar-refractivity contribution in [2.45, 2.75) is 34.4 Å². The summed E-state index contributed by atoms with van der Waals surface area (Å²) in [6, 6.07) is 61.1. The lowest BCUT2D eigenvalue weighted by Crippen LogP contribution is -2.07. The summed E-state index contributed by atoms with van der Waals surface area (Å²) in [6.07, 6.45) is 3.60. The number of nitrogens with zero attached hydrogens (tertiary/aromatic N) is 7. The Morgan fingerprint density at radius 3 is 1.65 bits per heavy atom. The van der Waals surface area contributed by atoms with E-state index in [0.717, 1.165) is 44.7 Å². The summed E-state index contributed by atoms with van der Waals surface area (Å²) >= 11 is 0. The first-order chi connectivity index (χ1) is 31.2. The molecule has 306 valence electrons. The Morgan fingerprint density at radius 1 is 0.460 bits per heavy atom. The zero-order valence-electron chi connectivity index (χ0n) is 35.9. The van der Waals surface area contributed by atoms with Gasteiger partial charge in [-0.2, -0.15) is 0 Å². The fourth-order valence-corrected chi connectivity index (χ4v) is 8.51. The molecule has 0 spiro atoms. The molecule has 0 aliphatic heterocycles. The lowest BCUT2D eigenvalue weighted by Gasteiger charge is -2.12. The molecule has 0 aliphatic carbocycles. The van der Waals surface area contributed by atoms with Crippen LogP contribution in [-0.4, -0.2) is 37.3 Å². The molecule has 0 saturated carbocycles. The molecule has 0 unspecified atom stereocenters. The monoisotopic (exact) mass is 817 g/mol. The first-order valence-electron chi connectivity index (χ1n) is 21.6. The van der Waals surface area contributed by atoms with Gasteiger partial charge in [-0.05, 0) is 84.9 Å². The highest BCUT2D eigenvalue weighted by atomic mass is 15.1. The zero-order valence-corrected chi connectivity index (χ0v) is 35.9. The van der Waals surface area contributed by atoms with Gasteiger partial charge in [-0.3, -0.25) is 9.97 Å². The van der Waals surface area contributed by atoms with Gasteiger partial charge < -0.3 is 8.97 Å². The maximum absolute atomic E-state index is 5.35. The SMILES string of the molecule is C=NC(=N/C(=N\Cn1c2ccccc2c2cc3c(cc21)c1ccccc1n1c2ccccc2cc31)c1cccc(-c2ccccn2)c1)c1cccc(-c2ccccn2)c1.CC.CC. The van der Waals surface area contributed by atoms with Crippen molar-refractivity contribution < 1.29 is 0 Å². The highest BCUT2D eigenvalue weighted by Gasteiger charge is 2.18. The van der Waals surface area contributed by atoms with Gasteiger partial charge in [-0.15, -0.1) is 0 Å². The van der Waals surface area contributed by atoms with Crippen LogP contribution in [0.5, 0.6) is 0 Å². The highest BCUT2D eigenvalue weighted by molar-refractivity contribution is 6.22. The van der Waals surface area contributed by atoms with E-state index in [1.54, 1.807) is 6.20 Å². The third kappa shape index (κ3) is 7.44. The summed E-state index contributed by atoms with van der Waals surface area (Å²) in [5.74, 6) is 1.00. The van der Waals surface area contributed by atoms with E-state index in [9.17, 15) is 0 Å². The normalized spacial score (nSPS) is 11.8. The van der Waals surface area contributed by atoms with Gasteiger partial charge in [0, 0.05) is 61.6 Å².